The molecule has 27 heavy (non-hydrogen) atoms. The van der Waals surface area contributed by atoms with Crippen LogP contribution in [0.3, 0.4) is 0 Å². The Morgan fingerprint density at radius 3 is 2.44 bits per heavy atom. The van der Waals surface area contributed by atoms with Crippen LogP contribution in [0.15, 0.2) is 48.5 Å². The predicted octanol–water partition coefficient (Wildman–Crippen LogP) is 4.38. The summed E-state index contributed by atoms with van der Waals surface area (Å²) in [6, 6.07) is 15.8. The van der Waals surface area contributed by atoms with Crippen LogP contribution in [-0.4, -0.2) is 15.9 Å². The number of rotatable bonds is 5. The maximum Gasteiger partial charge on any atom is 0.270 e. The van der Waals surface area contributed by atoms with Crippen LogP contribution in [0.4, 0.5) is 11.6 Å². The minimum atomic E-state index is -0.218. The first kappa shape index (κ1) is 18.6. The van der Waals surface area contributed by atoms with Crippen molar-refractivity contribution in [2.75, 3.05) is 5.32 Å². The molecule has 0 fully saturated rings. The summed E-state index contributed by atoms with van der Waals surface area (Å²) in [5.74, 6) is 0.203. The van der Waals surface area contributed by atoms with Crippen LogP contribution < -0.4 is 10.6 Å². The minimum absolute atomic E-state index is 0.218. The smallest absolute Gasteiger partial charge is 0.270 e. The van der Waals surface area contributed by atoms with E-state index in [9.17, 15) is 4.79 Å². The highest BCUT2D eigenvalue weighted by Gasteiger charge is 2.11. The molecule has 0 radical (unpaired) electrons. The summed E-state index contributed by atoms with van der Waals surface area (Å²) >= 11 is 0. The van der Waals surface area contributed by atoms with Gasteiger partial charge in [0.15, 0.2) is 0 Å². The van der Waals surface area contributed by atoms with Crippen molar-refractivity contribution < 1.29 is 4.79 Å². The van der Waals surface area contributed by atoms with Crippen molar-refractivity contribution in [3.63, 3.8) is 0 Å². The normalized spacial score (nSPS) is 10.5. The van der Waals surface area contributed by atoms with E-state index in [2.05, 4.69) is 33.6 Å². The van der Waals surface area contributed by atoms with Gasteiger partial charge in [0.05, 0.1) is 0 Å². The summed E-state index contributed by atoms with van der Waals surface area (Å²) in [5.41, 5.74) is 6.58. The van der Waals surface area contributed by atoms with Crippen molar-refractivity contribution in [3.05, 3.63) is 82.2 Å². The second-order valence-corrected chi connectivity index (χ2v) is 6.76. The molecule has 0 spiro atoms. The van der Waals surface area contributed by atoms with Crippen LogP contribution in [0.1, 0.15) is 38.4 Å². The first-order valence-corrected chi connectivity index (χ1v) is 8.95. The van der Waals surface area contributed by atoms with Gasteiger partial charge in [-0.3, -0.25) is 4.79 Å². The fourth-order valence-electron chi connectivity index (χ4n) is 2.73. The molecule has 3 aromatic rings. The van der Waals surface area contributed by atoms with Crippen molar-refractivity contribution in [3.8, 4) is 0 Å². The SMILES string of the molecule is Cc1ccc(CNC(=O)c2cc(C)nc(Nc3cccc(C)c3C)n2)cc1. The molecule has 138 valence electrons. The first-order chi connectivity index (χ1) is 12.9. The number of aryl methyl sites for hydroxylation is 3. The van der Waals surface area contributed by atoms with E-state index >= 15 is 0 Å². The number of nitrogens with zero attached hydrogens (tertiary/aromatic N) is 2. The Labute approximate surface area is 159 Å². The van der Waals surface area contributed by atoms with Crippen LogP contribution in [0.5, 0.6) is 0 Å². The van der Waals surface area contributed by atoms with Gasteiger partial charge >= 0.3 is 0 Å². The Morgan fingerprint density at radius 2 is 1.70 bits per heavy atom. The van der Waals surface area contributed by atoms with E-state index in [1.165, 1.54) is 11.1 Å². The molecule has 1 amide bonds. The van der Waals surface area contributed by atoms with Crippen LogP contribution >= 0.6 is 0 Å². The third-order valence-corrected chi connectivity index (χ3v) is 4.51. The van der Waals surface area contributed by atoms with E-state index in [-0.39, 0.29) is 5.91 Å². The van der Waals surface area contributed by atoms with Gasteiger partial charge in [0.2, 0.25) is 5.95 Å². The van der Waals surface area contributed by atoms with Gasteiger partial charge in [-0.1, -0.05) is 42.0 Å². The molecule has 0 saturated heterocycles. The Kier molecular flexibility index (Phi) is 5.50. The number of hydrogen-bond acceptors (Lipinski definition) is 4. The minimum Gasteiger partial charge on any atom is -0.347 e. The number of nitrogens with one attached hydrogen (secondary N) is 2. The summed E-state index contributed by atoms with van der Waals surface area (Å²) in [5, 5.41) is 6.14. The molecule has 3 rings (SSSR count). The lowest BCUT2D eigenvalue weighted by Gasteiger charge is -2.12. The lowest BCUT2D eigenvalue weighted by Crippen LogP contribution is -2.24. The second kappa shape index (κ2) is 7.99. The highest BCUT2D eigenvalue weighted by atomic mass is 16.1. The molecule has 5 nitrogen and oxygen atoms in total. The van der Waals surface area contributed by atoms with E-state index in [1.807, 2.05) is 57.2 Å². The summed E-state index contributed by atoms with van der Waals surface area (Å²) < 4.78 is 0. The summed E-state index contributed by atoms with van der Waals surface area (Å²) in [4.78, 5) is 21.3. The molecule has 5 heteroatoms. The van der Waals surface area contributed by atoms with Crippen molar-refractivity contribution in [2.24, 2.45) is 0 Å². The van der Waals surface area contributed by atoms with E-state index in [4.69, 9.17) is 0 Å². The number of benzene rings is 2. The zero-order valence-corrected chi connectivity index (χ0v) is 16.1. The number of anilines is 2. The third kappa shape index (κ3) is 4.70. The number of carbonyl (C=O) groups is 1. The fraction of sp³-hybridized carbons (Fsp3) is 0.227. The molecule has 0 saturated carbocycles. The van der Waals surface area contributed by atoms with Gasteiger partial charge in [0.25, 0.3) is 5.91 Å². The number of carbonyl (C=O) groups excluding carboxylic acids is 1. The van der Waals surface area contributed by atoms with E-state index < -0.39 is 0 Å². The molecular formula is C22H24N4O. The van der Waals surface area contributed by atoms with Crippen LogP contribution in [0.25, 0.3) is 0 Å². The zero-order chi connectivity index (χ0) is 19.4. The van der Waals surface area contributed by atoms with E-state index in [0.29, 0.717) is 18.2 Å². The van der Waals surface area contributed by atoms with Crippen LogP contribution in [0.2, 0.25) is 0 Å². The van der Waals surface area contributed by atoms with Crippen LogP contribution in [-0.2, 0) is 6.54 Å². The monoisotopic (exact) mass is 360 g/mol. The van der Waals surface area contributed by atoms with Gasteiger partial charge in [-0.25, -0.2) is 9.97 Å². The van der Waals surface area contributed by atoms with Crippen molar-refractivity contribution in [2.45, 2.75) is 34.2 Å². The molecule has 0 aliphatic carbocycles. The maximum absolute atomic E-state index is 12.5. The topological polar surface area (TPSA) is 66.9 Å². The Morgan fingerprint density at radius 1 is 0.963 bits per heavy atom. The van der Waals surface area contributed by atoms with Gasteiger partial charge in [-0.05, 0) is 56.5 Å². The molecular weight excluding hydrogens is 336 g/mol. The second-order valence-electron chi connectivity index (χ2n) is 6.76. The quantitative estimate of drug-likeness (QED) is 0.708. The lowest BCUT2D eigenvalue weighted by atomic mass is 10.1. The Bertz CT molecular complexity index is 965. The Balaban J connectivity index is 1.75. The zero-order valence-electron chi connectivity index (χ0n) is 16.1. The number of hydrogen-bond donors (Lipinski definition) is 2. The van der Waals surface area contributed by atoms with Gasteiger partial charge in [-0.15, -0.1) is 0 Å². The van der Waals surface area contributed by atoms with Crippen LogP contribution in [0, 0.1) is 27.7 Å². The van der Waals surface area contributed by atoms with Gasteiger partial charge in [0.1, 0.15) is 5.69 Å². The largest absolute Gasteiger partial charge is 0.347 e. The molecule has 1 heterocycles. The first-order valence-electron chi connectivity index (χ1n) is 8.95. The van der Waals surface area contributed by atoms with E-state index in [0.717, 1.165) is 22.5 Å². The highest BCUT2D eigenvalue weighted by molar-refractivity contribution is 5.92. The summed E-state index contributed by atoms with van der Waals surface area (Å²) in [6.07, 6.45) is 0. The number of aromatic nitrogens is 2. The van der Waals surface area contributed by atoms with E-state index in [1.54, 1.807) is 6.07 Å². The Hall–Kier alpha value is -3.21. The molecule has 0 unspecified atom stereocenters. The molecule has 2 aromatic carbocycles. The molecule has 0 aliphatic rings. The van der Waals surface area contributed by atoms with Crippen molar-refractivity contribution in [1.82, 2.24) is 15.3 Å². The lowest BCUT2D eigenvalue weighted by molar-refractivity contribution is 0.0945. The average Bonchev–Trinajstić information content (AvgIpc) is 2.64. The highest BCUT2D eigenvalue weighted by Crippen LogP contribution is 2.21. The molecule has 2 N–H and O–H groups in total. The predicted molar refractivity (Wildman–Crippen MR) is 108 cm³/mol. The standard InChI is InChI=1S/C22H24N4O/c1-14-8-10-18(11-9-14)13-23-21(27)20-12-16(3)24-22(26-20)25-19-7-5-6-15(2)17(19)4/h5-12H,13H2,1-4H3,(H,23,27)(H,24,25,26). The van der Waals surface area contributed by atoms with Gasteiger partial charge in [-0.2, -0.15) is 0 Å². The molecule has 1 aromatic heterocycles. The molecule has 0 aliphatic heterocycles. The molecule has 0 bridgehead atoms. The average molecular weight is 360 g/mol. The third-order valence-electron chi connectivity index (χ3n) is 4.51. The van der Waals surface area contributed by atoms with Crippen molar-refractivity contribution in [1.29, 1.82) is 0 Å². The maximum atomic E-state index is 12.5. The number of amides is 1. The summed E-state index contributed by atoms with van der Waals surface area (Å²) in [6.45, 7) is 8.45. The molecule has 0 atom stereocenters. The van der Waals surface area contributed by atoms with Gasteiger partial charge < -0.3 is 10.6 Å². The summed E-state index contributed by atoms with van der Waals surface area (Å²) in [7, 11) is 0. The fourth-order valence-corrected chi connectivity index (χ4v) is 2.73. The van der Waals surface area contributed by atoms with Crippen molar-refractivity contribution >= 4 is 17.5 Å². The van der Waals surface area contributed by atoms with Gasteiger partial charge in [0, 0.05) is 17.9 Å².